The molecule has 0 aliphatic rings. The minimum atomic E-state index is -1.22. The molecule has 3 heteroatoms. The maximum absolute atomic E-state index is 5.47. The molecule has 0 fully saturated rings. The van der Waals surface area contributed by atoms with E-state index in [2.05, 4.69) is 22.2 Å². The molecule has 0 spiro atoms. The first-order valence-corrected chi connectivity index (χ1v) is 20.5. The molecule has 0 heterocycles. The predicted molar refractivity (Wildman–Crippen MR) is 31.5 cm³/mol. The van der Waals surface area contributed by atoms with E-state index in [1.54, 1.807) is 0 Å². The number of rotatable bonds is 0. The Bertz CT molecular complexity index is 12.8. The molecule has 0 saturated heterocycles. The van der Waals surface area contributed by atoms with E-state index in [0.717, 1.165) is 0 Å². The first kappa shape index (κ1) is 5.94. The summed E-state index contributed by atoms with van der Waals surface area (Å²) in [6.45, 7) is 0. The van der Waals surface area contributed by atoms with Crippen LogP contribution in [-0.2, 0) is 0 Å². The summed E-state index contributed by atoms with van der Waals surface area (Å²) in [6.07, 6.45) is 0. The van der Waals surface area contributed by atoms with Gasteiger partial charge in [-0.1, -0.05) is 0 Å². The molecule has 0 bridgehead atoms. The second-order valence-corrected chi connectivity index (χ2v) is 28.7. The van der Waals surface area contributed by atoms with Crippen LogP contribution >= 0.6 is 26.1 Å². The first-order chi connectivity index (χ1) is 1.73. The Morgan fingerprint density at radius 1 is 2.00 bits per heavy atom. The molecule has 0 aromatic heterocycles. The van der Waals surface area contributed by atoms with Crippen LogP contribution in [0.5, 0.6) is 0 Å². The van der Waals surface area contributed by atoms with Crippen LogP contribution in [0.1, 0.15) is 0 Å². The van der Waals surface area contributed by atoms with Gasteiger partial charge in [-0.3, -0.25) is 0 Å². The zero-order valence-electron chi connectivity index (χ0n) is 2.26. The molecular formula is CH3ClIPb. The Morgan fingerprint density at radius 2 is 2.00 bits per heavy atom. The van der Waals surface area contributed by atoms with Gasteiger partial charge in [-0.25, -0.2) is 0 Å². The summed E-state index contributed by atoms with van der Waals surface area (Å²) < 4.78 is 2.13. The van der Waals surface area contributed by atoms with E-state index < -0.39 is 17.2 Å². The summed E-state index contributed by atoms with van der Waals surface area (Å²) >= 11 is 1.11. The van der Waals surface area contributed by atoms with Crippen molar-refractivity contribution in [1.82, 2.24) is 0 Å². The molecule has 0 saturated carbocycles. The zero-order chi connectivity index (χ0) is 3.58. The normalized spacial score (nSPS) is 9.00. The van der Waals surface area contributed by atoms with Crippen LogP contribution in [0.15, 0.2) is 0 Å². The second-order valence-electron chi connectivity index (χ2n) is 0.449. The van der Waals surface area contributed by atoms with Crippen LogP contribution in [0, 0.1) is 0 Å². The fraction of sp³-hybridized carbons (Fsp3) is 1.00. The quantitative estimate of drug-likeness (QED) is 0.441. The topological polar surface area (TPSA) is 0 Å². The van der Waals surface area contributed by atoms with Crippen molar-refractivity contribution in [2.45, 2.75) is 4.48 Å². The summed E-state index contributed by atoms with van der Waals surface area (Å²) in [5.41, 5.74) is 0. The minimum absolute atomic E-state index is 1.22. The van der Waals surface area contributed by atoms with E-state index in [4.69, 9.17) is 8.32 Å². The van der Waals surface area contributed by atoms with Gasteiger partial charge in [0, 0.05) is 0 Å². The van der Waals surface area contributed by atoms with Gasteiger partial charge in [-0.15, -0.1) is 0 Å². The molecule has 0 aromatic rings. The van der Waals surface area contributed by atoms with E-state index in [-0.39, 0.29) is 0 Å². The fourth-order valence-corrected chi connectivity index (χ4v) is 0. The first-order valence-electron chi connectivity index (χ1n) is 0.878. The van der Waals surface area contributed by atoms with Crippen molar-refractivity contribution in [1.29, 1.82) is 0 Å². The van der Waals surface area contributed by atoms with Crippen LogP contribution in [0.4, 0.5) is 0 Å². The van der Waals surface area contributed by atoms with Crippen LogP contribution in [0.3, 0.4) is 0 Å². The Hall–Kier alpha value is 1.94. The molecule has 0 unspecified atom stereocenters. The van der Waals surface area contributed by atoms with Crippen LogP contribution < -0.4 is 0 Å². The fourth-order valence-electron chi connectivity index (χ4n) is 0. The predicted octanol–water partition coefficient (Wildman–Crippen LogP) is 1.78. The molecule has 0 aromatic carbocycles. The standard InChI is InChI=1S/CH3.ClH.HI.Pb/h1H3;2*1H;/q;;;+2/p-2. The Kier molecular flexibility index (Phi) is 4.67. The van der Waals surface area contributed by atoms with Gasteiger partial charge in [0.2, 0.25) is 0 Å². The number of hydrogen-bond acceptors (Lipinski definition) is 0. The molecule has 4 heavy (non-hydrogen) atoms. The van der Waals surface area contributed by atoms with E-state index in [0.29, 0.717) is 0 Å². The van der Waals surface area contributed by atoms with E-state index >= 15 is 0 Å². The number of hydrogen-bond donors (Lipinski definition) is 0. The van der Waals surface area contributed by atoms with E-state index in [9.17, 15) is 0 Å². The Labute approximate surface area is 47.0 Å². The van der Waals surface area contributed by atoms with Crippen molar-refractivity contribution in [3.8, 4) is 0 Å². The molecule has 0 atom stereocenters. The van der Waals surface area contributed by atoms with Gasteiger partial charge in [0.25, 0.3) is 0 Å². The van der Waals surface area contributed by atoms with Crippen LogP contribution in [-0.4, -0.2) is 17.2 Å². The zero-order valence-corrected chi connectivity index (χ0v) is 9.06. The van der Waals surface area contributed by atoms with E-state index in [1.807, 2.05) is 0 Å². The molecule has 0 aliphatic carbocycles. The third kappa shape index (κ3) is 9.05. The van der Waals surface area contributed by atoms with Crippen molar-refractivity contribution in [2.24, 2.45) is 0 Å². The van der Waals surface area contributed by atoms with Gasteiger partial charge in [-0.05, 0) is 0 Å². The van der Waals surface area contributed by atoms with Crippen molar-refractivity contribution in [2.75, 3.05) is 0 Å². The van der Waals surface area contributed by atoms with Gasteiger partial charge in [0.05, 0.1) is 0 Å². The van der Waals surface area contributed by atoms with Gasteiger partial charge in [-0.2, -0.15) is 0 Å². The van der Waals surface area contributed by atoms with Crippen molar-refractivity contribution < 1.29 is 0 Å². The molecular weight excluding hydrogens is 382 g/mol. The van der Waals surface area contributed by atoms with Crippen LogP contribution in [0.2, 0.25) is 4.48 Å². The Morgan fingerprint density at radius 3 is 2.00 bits per heavy atom. The summed E-state index contributed by atoms with van der Waals surface area (Å²) in [5, 5.41) is 0. The summed E-state index contributed by atoms with van der Waals surface area (Å²) in [4.78, 5) is 0. The SMILES string of the molecule is [CH3][Pb]([Cl])[I]. The van der Waals surface area contributed by atoms with Gasteiger partial charge in [0.15, 0.2) is 0 Å². The van der Waals surface area contributed by atoms with Crippen LogP contribution in [0.25, 0.3) is 0 Å². The summed E-state index contributed by atoms with van der Waals surface area (Å²) in [6, 6.07) is 0. The molecule has 0 N–H and O–H groups in total. The molecule has 25 valence electrons. The monoisotopic (exact) mass is 385 g/mol. The third-order valence-electron chi connectivity index (χ3n) is 0. The molecule has 1 radical (unpaired) electrons. The molecule has 0 nitrogen and oxygen atoms in total. The average molecular weight is 385 g/mol. The molecule has 0 rings (SSSR count). The van der Waals surface area contributed by atoms with Crippen molar-refractivity contribution in [3.05, 3.63) is 0 Å². The van der Waals surface area contributed by atoms with Gasteiger partial charge < -0.3 is 0 Å². The van der Waals surface area contributed by atoms with Gasteiger partial charge >= 0.3 is 47.7 Å². The Balaban J connectivity index is 2.32. The molecule has 0 amide bonds. The van der Waals surface area contributed by atoms with Gasteiger partial charge in [0.1, 0.15) is 0 Å². The molecule has 0 aliphatic heterocycles. The van der Waals surface area contributed by atoms with E-state index in [1.165, 1.54) is 0 Å². The van der Waals surface area contributed by atoms with Crippen molar-refractivity contribution in [3.63, 3.8) is 0 Å². The van der Waals surface area contributed by atoms with Crippen molar-refractivity contribution >= 4 is 43.3 Å². The maximum atomic E-state index is 5.47. The number of halogens is 2. The third-order valence-corrected chi connectivity index (χ3v) is 0. The summed E-state index contributed by atoms with van der Waals surface area (Å²) in [5.74, 6) is 0. The summed E-state index contributed by atoms with van der Waals surface area (Å²) in [7, 11) is 5.47. The average Bonchev–Trinajstić information content (AvgIpc) is 0.811. The second kappa shape index (κ2) is 3.14.